The Morgan fingerprint density at radius 3 is 2.75 bits per heavy atom. The van der Waals surface area contributed by atoms with Crippen LogP contribution >= 0.6 is 0 Å². The second kappa shape index (κ2) is 6.88. The Hall–Kier alpha value is -1.36. The maximum Gasteiger partial charge on any atom is 0.293 e. The maximum absolute atomic E-state index is 12.5. The van der Waals surface area contributed by atoms with E-state index in [1.807, 2.05) is 13.8 Å². The molecule has 5 heteroatoms. The molecule has 5 nitrogen and oxygen atoms in total. The topological polar surface area (TPSA) is 50.2 Å². The van der Waals surface area contributed by atoms with Crippen LogP contribution < -0.4 is 15.8 Å². The Morgan fingerprint density at radius 2 is 2.15 bits per heavy atom. The average Bonchev–Trinajstić information content (AvgIpc) is 2.46. The first-order valence-electron chi connectivity index (χ1n) is 7.66. The lowest BCUT2D eigenvalue weighted by Gasteiger charge is -2.30. The Morgan fingerprint density at radius 1 is 1.45 bits per heavy atom. The monoisotopic (exact) mass is 278 g/mol. The van der Waals surface area contributed by atoms with Crippen molar-refractivity contribution in [2.24, 2.45) is 5.92 Å². The molecule has 0 saturated carbocycles. The van der Waals surface area contributed by atoms with E-state index in [9.17, 15) is 4.79 Å². The summed E-state index contributed by atoms with van der Waals surface area (Å²) in [5.74, 6) is 1.26. The van der Waals surface area contributed by atoms with Crippen molar-refractivity contribution >= 4 is 5.82 Å². The van der Waals surface area contributed by atoms with E-state index in [0.29, 0.717) is 11.7 Å². The SMILES string of the molecule is CCN(CC1CCNCC1)c1nccn(C(C)C)c1=O. The smallest absolute Gasteiger partial charge is 0.293 e. The van der Waals surface area contributed by atoms with Crippen LogP contribution in [-0.2, 0) is 0 Å². The predicted molar refractivity (Wildman–Crippen MR) is 82.4 cm³/mol. The summed E-state index contributed by atoms with van der Waals surface area (Å²) in [6.45, 7) is 10.1. The van der Waals surface area contributed by atoms with Gasteiger partial charge in [0.25, 0.3) is 5.56 Å². The van der Waals surface area contributed by atoms with Crippen molar-refractivity contribution in [3.05, 3.63) is 22.7 Å². The normalized spacial score (nSPS) is 16.6. The first kappa shape index (κ1) is 15.0. The number of piperidine rings is 1. The molecule has 112 valence electrons. The first-order valence-corrected chi connectivity index (χ1v) is 7.66. The minimum absolute atomic E-state index is 0.0262. The first-order chi connectivity index (χ1) is 9.63. The van der Waals surface area contributed by atoms with Gasteiger partial charge >= 0.3 is 0 Å². The second-order valence-electron chi connectivity index (χ2n) is 5.79. The molecule has 1 fully saturated rings. The lowest BCUT2D eigenvalue weighted by molar-refractivity contribution is 0.373. The molecule has 2 rings (SSSR count). The van der Waals surface area contributed by atoms with Crippen LogP contribution in [0.1, 0.15) is 39.7 Å². The van der Waals surface area contributed by atoms with Crippen molar-refractivity contribution in [2.75, 3.05) is 31.1 Å². The zero-order valence-corrected chi connectivity index (χ0v) is 12.8. The summed E-state index contributed by atoms with van der Waals surface area (Å²) in [4.78, 5) is 19.0. The Labute approximate surface area is 121 Å². The van der Waals surface area contributed by atoms with Gasteiger partial charge in [-0.2, -0.15) is 0 Å². The van der Waals surface area contributed by atoms with Gasteiger partial charge in [-0.15, -0.1) is 0 Å². The van der Waals surface area contributed by atoms with Crippen LogP contribution in [0.3, 0.4) is 0 Å². The molecule has 1 aliphatic heterocycles. The third-order valence-corrected chi connectivity index (χ3v) is 4.02. The number of nitrogens with zero attached hydrogens (tertiary/aromatic N) is 3. The molecule has 1 aromatic rings. The molecule has 1 saturated heterocycles. The van der Waals surface area contributed by atoms with E-state index in [1.165, 1.54) is 12.8 Å². The third-order valence-electron chi connectivity index (χ3n) is 4.02. The lowest BCUT2D eigenvalue weighted by Crippen LogP contribution is -2.40. The summed E-state index contributed by atoms with van der Waals surface area (Å²) in [5, 5.41) is 3.38. The Kier molecular flexibility index (Phi) is 5.17. The van der Waals surface area contributed by atoms with Crippen LogP contribution in [0.2, 0.25) is 0 Å². The molecule has 0 radical (unpaired) electrons. The number of anilines is 1. The predicted octanol–water partition coefficient (Wildman–Crippen LogP) is 1.65. The second-order valence-corrected chi connectivity index (χ2v) is 5.79. The molecule has 1 aromatic heterocycles. The summed E-state index contributed by atoms with van der Waals surface area (Å²) in [7, 11) is 0. The van der Waals surface area contributed by atoms with Crippen molar-refractivity contribution in [1.82, 2.24) is 14.9 Å². The molecule has 0 spiro atoms. The zero-order valence-electron chi connectivity index (χ0n) is 12.8. The van der Waals surface area contributed by atoms with Crippen molar-refractivity contribution < 1.29 is 0 Å². The molecule has 20 heavy (non-hydrogen) atoms. The summed E-state index contributed by atoms with van der Waals surface area (Å²) in [6.07, 6.45) is 5.88. The third kappa shape index (κ3) is 3.39. The summed E-state index contributed by atoms with van der Waals surface area (Å²) < 4.78 is 1.76. The van der Waals surface area contributed by atoms with Gasteiger partial charge in [0.1, 0.15) is 0 Å². The molecule has 2 heterocycles. The van der Waals surface area contributed by atoms with Crippen LogP contribution in [0.4, 0.5) is 5.82 Å². The molecule has 0 aromatic carbocycles. The molecule has 0 amide bonds. The summed E-state index contributed by atoms with van der Waals surface area (Å²) in [6, 6.07) is 0.168. The van der Waals surface area contributed by atoms with Crippen LogP contribution in [-0.4, -0.2) is 35.7 Å². The number of aromatic nitrogens is 2. The Balaban J connectivity index is 2.18. The van der Waals surface area contributed by atoms with Gasteiger partial charge in [0, 0.05) is 31.5 Å². The van der Waals surface area contributed by atoms with Crippen molar-refractivity contribution in [2.45, 2.75) is 39.7 Å². The minimum atomic E-state index is 0.0262. The highest BCUT2D eigenvalue weighted by Crippen LogP contribution is 2.16. The van der Waals surface area contributed by atoms with E-state index in [1.54, 1.807) is 17.0 Å². The highest BCUT2D eigenvalue weighted by Gasteiger charge is 2.19. The van der Waals surface area contributed by atoms with E-state index < -0.39 is 0 Å². The quantitative estimate of drug-likeness (QED) is 0.890. The standard InChI is InChI=1S/C15H26N4O/c1-4-18(11-13-5-7-16-8-6-13)14-15(20)19(12(2)3)10-9-17-14/h9-10,12-13,16H,4-8,11H2,1-3H3. The van der Waals surface area contributed by atoms with Crippen molar-refractivity contribution in [1.29, 1.82) is 0 Å². The van der Waals surface area contributed by atoms with Gasteiger partial charge in [0.05, 0.1) is 0 Å². The molecule has 0 bridgehead atoms. The van der Waals surface area contributed by atoms with Gasteiger partial charge in [0.15, 0.2) is 5.82 Å². The van der Waals surface area contributed by atoms with E-state index in [0.717, 1.165) is 26.2 Å². The Bertz CT molecular complexity index is 477. The number of hydrogen-bond acceptors (Lipinski definition) is 4. The van der Waals surface area contributed by atoms with Gasteiger partial charge in [-0.05, 0) is 52.6 Å². The fourth-order valence-electron chi connectivity index (χ4n) is 2.78. The van der Waals surface area contributed by atoms with E-state index >= 15 is 0 Å². The molecular formula is C15H26N4O. The number of hydrogen-bond donors (Lipinski definition) is 1. The molecular weight excluding hydrogens is 252 g/mol. The van der Waals surface area contributed by atoms with E-state index in [2.05, 4.69) is 22.1 Å². The molecule has 1 aliphatic rings. The van der Waals surface area contributed by atoms with Crippen molar-refractivity contribution in [3.8, 4) is 0 Å². The highest BCUT2D eigenvalue weighted by molar-refractivity contribution is 5.35. The zero-order chi connectivity index (χ0) is 14.5. The fraction of sp³-hybridized carbons (Fsp3) is 0.733. The van der Waals surface area contributed by atoms with Gasteiger partial charge in [-0.25, -0.2) is 4.98 Å². The highest BCUT2D eigenvalue weighted by atomic mass is 16.1. The molecule has 0 aliphatic carbocycles. The largest absolute Gasteiger partial charge is 0.352 e. The van der Waals surface area contributed by atoms with Crippen LogP contribution in [0.25, 0.3) is 0 Å². The maximum atomic E-state index is 12.5. The number of nitrogens with one attached hydrogen (secondary N) is 1. The van der Waals surface area contributed by atoms with Crippen molar-refractivity contribution in [3.63, 3.8) is 0 Å². The summed E-state index contributed by atoms with van der Waals surface area (Å²) in [5.41, 5.74) is 0.0262. The number of rotatable bonds is 5. The fourth-order valence-corrected chi connectivity index (χ4v) is 2.78. The lowest BCUT2D eigenvalue weighted by atomic mass is 9.97. The van der Waals surface area contributed by atoms with Crippen LogP contribution in [0, 0.1) is 5.92 Å². The van der Waals surface area contributed by atoms with Gasteiger partial charge in [-0.1, -0.05) is 0 Å². The minimum Gasteiger partial charge on any atom is -0.352 e. The van der Waals surface area contributed by atoms with Gasteiger partial charge < -0.3 is 14.8 Å². The van der Waals surface area contributed by atoms with E-state index in [4.69, 9.17) is 0 Å². The molecule has 0 atom stereocenters. The molecule has 1 N–H and O–H groups in total. The molecule has 0 unspecified atom stereocenters. The van der Waals surface area contributed by atoms with E-state index in [-0.39, 0.29) is 11.6 Å². The van der Waals surface area contributed by atoms with Gasteiger partial charge in [-0.3, -0.25) is 4.79 Å². The van der Waals surface area contributed by atoms with Crippen LogP contribution in [0.15, 0.2) is 17.2 Å². The summed E-state index contributed by atoms with van der Waals surface area (Å²) >= 11 is 0. The average molecular weight is 278 g/mol. The van der Waals surface area contributed by atoms with Crippen LogP contribution in [0.5, 0.6) is 0 Å². The van der Waals surface area contributed by atoms with Gasteiger partial charge in [0.2, 0.25) is 0 Å².